The Balaban J connectivity index is 4.49. The predicted octanol–water partition coefficient (Wildman–Crippen LogP) is 5.75. The Labute approximate surface area is 183 Å². The Hall–Kier alpha value is -1.59. The van der Waals surface area contributed by atoms with E-state index in [9.17, 15) is 14.4 Å². The highest BCUT2D eigenvalue weighted by molar-refractivity contribution is 5.72. The highest BCUT2D eigenvalue weighted by atomic mass is 16.6. The van der Waals surface area contributed by atoms with Crippen molar-refractivity contribution < 1.29 is 28.6 Å². The first-order valence-corrected chi connectivity index (χ1v) is 12.0. The van der Waals surface area contributed by atoms with E-state index in [1.165, 1.54) is 6.42 Å². The van der Waals surface area contributed by atoms with E-state index in [-0.39, 0.29) is 37.0 Å². The first-order chi connectivity index (χ1) is 14.4. The fraction of sp³-hybridized carbons (Fsp3) is 0.875. The van der Waals surface area contributed by atoms with Gasteiger partial charge < -0.3 is 14.2 Å². The number of hydrogen-bond donors (Lipinski definition) is 0. The standard InChI is InChI=1S/C24H44O6/c1-5-8-11-14-15-20(4)24(27)29-19-21(30-23(26)17-13-10-7-3)18-28-22(25)16-12-9-6-2/h20-21H,5-19H2,1-4H3. The van der Waals surface area contributed by atoms with Gasteiger partial charge in [-0.25, -0.2) is 0 Å². The van der Waals surface area contributed by atoms with Gasteiger partial charge in [0.15, 0.2) is 6.10 Å². The maximum atomic E-state index is 12.2. The van der Waals surface area contributed by atoms with E-state index in [2.05, 4.69) is 20.8 Å². The highest BCUT2D eigenvalue weighted by Crippen LogP contribution is 2.13. The number of carbonyl (C=O) groups is 3. The molecule has 6 heteroatoms. The Morgan fingerprint density at radius 2 is 1.20 bits per heavy atom. The topological polar surface area (TPSA) is 78.9 Å². The third-order valence-electron chi connectivity index (χ3n) is 5.00. The van der Waals surface area contributed by atoms with Gasteiger partial charge in [0, 0.05) is 12.8 Å². The molecule has 0 spiro atoms. The van der Waals surface area contributed by atoms with E-state index in [4.69, 9.17) is 14.2 Å². The zero-order valence-electron chi connectivity index (χ0n) is 19.7. The van der Waals surface area contributed by atoms with Crippen molar-refractivity contribution in [3.05, 3.63) is 0 Å². The van der Waals surface area contributed by atoms with Gasteiger partial charge in [0.1, 0.15) is 13.2 Å². The summed E-state index contributed by atoms with van der Waals surface area (Å²) in [6, 6.07) is 0. The Bertz CT molecular complexity index is 463. The molecule has 0 aliphatic rings. The molecular formula is C24H44O6. The maximum absolute atomic E-state index is 12.2. The van der Waals surface area contributed by atoms with Gasteiger partial charge in [0.25, 0.3) is 0 Å². The summed E-state index contributed by atoms with van der Waals surface area (Å²) in [6.45, 7) is 7.97. The summed E-state index contributed by atoms with van der Waals surface area (Å²) >= 11 is 0. The van der Waals surface area contributed by atoms with Gasteiger partial charge in [0.2, 0.25) is 0 Å². The third-order valence-corrected chi connectivity index (χ3v) is 5.00. The average Bonchev–Trinajstić information content (AvgIpc) is 2.73. The van der Waals surface area contributed by atoms with Crippen LogP contribution in [0, 0.1) is 5.92 Å². The van der Waals surface area contributed by atoms with Gasteiger partial charge in [-0.1, -0.05) is 79.1 Å². The third kappa shape index (κ3) is 16.2. The highest BCUT2D eigenvalue weighted by Gasteiger charge is 2.21. The number of unbranched alkanes of at least 4 members (excludes halogenated alkanes) is 7. The summed E-state index contributed by atoms with van der Waals surface area (Å²) in [4.78, 5) is 36.2. The minimum Gasteiger partial charge on any atom is -0.462 e. The summed E-state index contributed by atoms with van der Waals surface area (Å²) in [5.74, 6) is -1.16. The molecule has 0 amide bonds. The molecule has 0 aliphatic carbocycles. The Kier molecular flexibility index (Phi) is 18.4. The van der Waals surface area contributed by atoms with E-state index in [0.717, 1.165) is 64.2 Å². The van der Waals surface area contributed by atoms with Crippen LogP contribution in [0.5, 0.6) is 0 Å². The van der Waals surface area contributed by atoms with Crippen molar-refractivity contribution in [2.75, 3.05) is 13.2 Å². The van der Waals surface area contributed by atoms with Crippen molar-refractivity contribution in [3.8, 4) is 0 Å². The molecule has 0 aliphatic heterocycles. The lowest BCUT2D eigenvalue weighted by Gasteiger charge is -2.19. The van der Waals surface area contributed by atoms with E-state index >= 15 is 0 Å². The van der Waals surface area contributed by atoms with Crippen LogP contribution >= 0.6 is 0 Å². The summed E-state index contributed by atoms with van der Waals surface area (Å²) in [6.07, 6.45) is 10.6. The molecule has 0 aromatic rings. The van der Waals surface area contributed by atoms with E-state index in [1.54, 1.807) is 0 Å². The first-order valence-electron chi connectivity index (χ1n) is 12.0. The molecule has 0 fully saturated rings. The van der Waals surface area contributed by atoms with Crippen LogP contribution in [0.1, 0.15) is 111 Å². The number of carbonyl (C=O) groups excluding carboxylic acids is 3. The smallest absolute Gasteiger partial charge is 0.308 e. The van der Waals surface area contributed by atoms with Gasteiger partial charge >= 0.3 is 17.9 Å². The second-order valence-electron chi connectivity index (χ2n) is 8.09. The van der Waals surface area contributed by atoms with Crippen molar-refractivity contribution in [1.82, 2.24) is 0 Å². The molecule has 0 bridgehead atoms. The maximum Gasteiger partial charge on any atom is 0.308 e. The molecule has 0 rings (SSSR count). The second-order valence-corrected chi connectivity index (χ2v) is 8.09. The van der Waals surface area contributed by atoms with Crippen LogP contribution in [0.4, 0.5) is 0 Å². The van der Waals surface area contributed by atoms with Crippen molar-refractivity contribution >= 4 is 17.9 Å². The SMILES string of the molecule is CCCCCCC(C)C(=O)OCC(COC(=O)CCCCC)OC(=O)CCCCC. The molecule has 0 radical (unpaired) electrons. The van der Waals surface area contributed by atoms with Gasteiger partial charge in [-0.15, -0.1) is 0 Å². The van der Waals surface area contributed by atoms with E-state index < -0.39 is 6.10 Å². The summed E-state index contributed by atoms with van der Waals surface area (Å²) in [7, 11) is 0. The molecule has 0 saturated heterocycles. The molecule has 0 aromatic carbocycles. The van der Waals surface area contributed by atoms with Gasteiger partial charge in [-0.3, -0.25) is 14.4 Å². The number of ether oxygens (including phenoxy) is 3. The first kappa shape index (κ1) is 28.4. The van der Waals surface area contributed by atoms with E-state index in [0.29, 0.717) is 12.8 Å². The van der Waals surface area contributed by atoms with Crippen LogP contribution < -0.4 is 0 Å². The monoisotopic (exact) mass is 428 g/mol. The number of rotatable bonds is 19. The summed E-state index contributed by atoms with van der Waals surface area (Å²) in [5.41, 5.74) is 0. The number of hydrogen-bond acceptors (Lipinski definition) is 6. The minimum atomic E-state index is -0.759. The lowest BCUT2D eigenvalue weighted by atomic mass is 10.0. The normalized spacial score (nSPS) is 12.8. The lowest BCUT2D eigenvalue weighted by Crippen LogP contribution is -2.31. The summed E-state index contributed by atoms with van der Waals surface area (Å²) < 4.78 is 16.1. The molecule has 30 heavy (non-hydrogen) atoms. The van der Waals surface area contributed by atoms with Crippen LogP contribution in [0.3, 0.4) is 0 Å². The minimum absolute atomic E-state index is 0.0807. The zero-order chi connectivity index (χ0) is 22.6. The molecule has 0 saturated carbocycles. The van der Waals surface area contributed by atoms with Crippen LogP contribution in [-0.2, 0) is 28.6 Å². The van der Waals surface area contributed by atoms with Crippen molar-refractivity contribution in [2.24, 2.45) is 5.92 Å². The van der Waals surface area contributed by atoms with Gasteiger partial charge in [-0.05, 0) is 19.3 Å². The number of esters is 3. The molecular weight excluding hydrogens is 384 g/mol. The Morgan fingerprint density at radius 3 is 1.80 bits per heavy atom. The lowest BCUT2D eigenvalue weighted by molar-refractivity contribution is -0.168. The molecule has 176 valence electrons. The molecule has 0 heterocycles. The van der Waals surface area contributed by atoms with Crippen LogP contribution in [0.25, 0.3) is 0 Å². The fourth-order valence-corrected chi connectivity index (χ4v) is 2.97. The van der Waals surface area contributed by atoms with Crippen LogP contribution in [-0.4, -0.2) is 37.2 Å². The van der Waals surface area contributed by atoms with Crippen LogP contribution in [0.15, 0.2) is 0 Å². The van der Waals surface area contributed by atoms with Gasteiger partial charge in [0.05, 0.1) is 5.92 Å². The van der Waals surface area contributed by atoms with Crippen LogP contribution in [0.2, 0.25) is 0 Å². The molecule has 0 aromatic heterocycles. The molecule has 2 atom stereocenters. The predicted molar refractivity (Wildman–Crippen MR) is 118 cm³/mol. The van der Waals surface area contributed by atoms with Crippen molar-refractivity contribution in [3.63, 3.8) is 0 Å². The van der Waals surface area contributed by atoms with E-state index in [1.807, 2.05) is 6.92 Å². The van der Waals surface area contributed by atoms with Crippen molar-refractivity contribution in [1.29, 1.82) is 0 Å². The fourth-order valence-electron chi connectivity index (χ4n) is 2.97. The Morgan fingerprint density at radius 1 is 0.667 bits per heavy atom. The quantitative estimate of drug-likeness (QED) is 0.148. The van der Waals surface area contributed by atoms with Gasteiger partial charge in [-0.2, -0.15) is 0 Å². The molecule has 6 nitrogen and oxygen atoms in total. The zero-order valence-corrected chi connectivity index (χ0v) is 19.7. The molecule has 0 N–H and O–H groups in total. The largest absolute Gasteiger partial charge is 0.462 e. The second kappa shape index (κ2) is 19.4. The average molecular weight is 429 g/mol. The van der Waals surface area contributed by atoms with Crippen molar-refractivity contribution in [2.45, 2.75) is 117 Å². The summed E-state index contributed by atoms with van der Waals surface area (Å²) in [5, 5.41) is 0. The molecule has 2 unspecified atom stereocenters.